The summed E-state index contributed by atoms with van der Waals surface area (Å²) in [5.41, 5.74) is 0.861. The Kier molecular flexibility index (Phi) is 16.0. The van der Waals surface area contributed by atoms with Crippen LogP contribution in [-0.4, -0.2) is 90.8 Å². The first kappa shape index (κ1) is 38.4. The van der Waals surface area contributed by atoms with E-state index in [1.807, 2.05) is 58.0 Å². The second kappa shape index (κ2) is 19.1. The van der Waals surface area contributed by atoms with Gasteiger partial charge >= 0.3 is 0 Å². The highest BCUT2D eigenvalue weighted by molar-refractivity contribution is 7.91. The Bertz CT molecular complexity index is 1150. The molecule has 46 heavy (non-hydrogen) atoms. The Hall–Kier alpha value is -2.01. The molecule has 262 valence electrons. The molecule has 1 aromatic carbocycles. The van der Waals surface area contributed by atoms with E-state index in [9.17, 15) is 28.2 Å². The van der Waals surface area contributed by atoms with Crippen LogP contribution >= 0.6 is 0 Å². The van der Waals surface area contributed by atoms with Gasteiger partial charge in [-0.3, -0.25) is 9.59 Å². The SMILES string of the molecule is CCN(CC)CCS(=O)(=O)CC(Cc1ccccc1)C(=O)N[C@H](CC1CC1)C(=O)N[C@@H](CC1CCCCC1)[C@@H](O)[C@@H](O)CC(C)C. The van der Waals surface area contributed by atoms with Crippen LogP contribution in [0.2, 0.25) is 0 Å². The van der Waals surface area contributed by atoms with E-state index >= 15 is 0 Å². The van der Waals surface area contributed by atoms with Crippen molar-refractivity contribution in [2.24, 2.45) is 23.7 Å². The number of hydrogen-bond donors (Lipinski definition) is 4. The number of aliphatic hydroxyl groups excluding tert-OH is 2. The summed E-state index contributed by atoms with van der Waals surface area (Å²) in [6, 6.07) is 7.91. The number of benzene rings is 1. The van der Waals surface area contributed by atoms with Crippen LogP contribution in [0.15, 0.2) is 30.3 Å². The highest BCUT2D eigenvalue weighted by Gasteiger charge is 2.37. The van der Waals surface area contributed by atoms with Crippen LogP contribution in [0.5, 0.6) is 0 Å². The molecule has 0 aromatic heterocycles. The zero-order valence-electron chi connectivity index (χ0n) is 28.7. The standard InChI is InChI=1S/C36H61N3O6S/c1-5-39(6-2)19-20-46(44,45)25-30(22-27-13-9-7-10-14-27)35(42)38-32(24-29-17-18-29)36(43)37-31(23-28-15-11-8-12-16-28)34(41)33(40)21-26(3)4/h7,9-10,13-14,26,28-34,40-41H,5-6,8,11-12,15-25H2,1-4H3,(H,37,43)(H,38,42)/t30?,31-,32+,33-,34+/m0/s1. The van der Waals surface area contributed by atoms with E-state index in [0.717, 1.165) is 57.2 Å². The maximum absolute atomic E-state index is 13.9. The van der Waals surface area contributed by atoms with Crippen molar-refractivity contribution in [3.63, 3.8) is 0 Å². The third-order valence-electron chi connectivity index (χ3n) is 9.82. The summed E-state index contributed by atoms with van der Waals surface area (Å²) in [5, 5.41) is 28.1. The van der Waals surface area contributed by atoms with E-state index in [4.69, 9.17) is 0 Å². The first-order chi connectivity index (χ1) is 21.9. The van der Waals surface area contributed by atoms with Gasteiger partial charge in [0, 0.05) is 6.54 Å². The van der Waals surface area contributed by atoms with Gasteiger partial charge in [-0.15, -0.1) is 0 Å². The van der Waals surface area contributed by atoms with Crippen LogP contribution in [-0.2, 0) is 25.8 Å². The summed E-state index contributed by atoms with van der Waals surface area (Å²) < 4.78 is 26.6. The minimum Gasteiger partial charge on any atom is -0.390 e. The summed E-state index contributed by atoms with van der Waals surface area (Å²) in [4.78, 5) is 29.9. The molecule has 2 aliphatic rings. The van der Waals surface area contributed by atoms with Gasteiger partial charge in [0.05, 0.1) is 29.6 Å². The van der Waals surface area contributed by atoms with Gasteiger partial charge in [0.2, 0.25) is 11.8 Å². The molecule has 2 amide bonds. The lowest BCUT2D eigenvalue weighted by Gasteiger charge is -2.34. The van der Waals surface area contributed by atoms with Gasteiger partial charge < -0.3 is 25.7 Å². The van der Waals surface area contributed by atoms with Gasteiger partial charge in [-0.25, -0.2) is 8.42 Å². The Morgan fingerprint density at radius 2 is 1.52 bits per heavy atom. The molecular weight excluding hydrogens is 602 g/mol. The van der Waals surface area contributed by atoms with Crippen molar-refractivity contribution >= 4 is 21.7 Å². The third-order valence-corrected chi connectivity index (χ3v) is 11.5. The quantitative estimate of drug-likeness (QED) is 0.156. The number of nitrogens with zero attached hydrogens (tertiary/aromatic N) is 1. The number of sulfone groups is 1. The number of rotatable bonds is 21. The van der Waals surface area contributed by atoms with Crippen LogP contribution in [0.1, 0.15) is 97.5 Å². The van der Waals surface area contributed by atoms with Crippen molar-refractivity contribution in [3.05, 3.63) is 35.9 Å². The number of amides is 2. The Morgan fingerprint density at radius 1 is 0.891 bits per heavy atom. The average molecular weight is 664 g/mol. The maximum atomic E-state index is 13.9. The highest BCUT2D eigenvalue weighted by Crippen LogP contribution is 2.34. The minimum atomic E-state index is -3.56. The van der Waals surface area contributed by atoms with Crippen molar-refractivity contribution in [2.45, 2.75) is 123 Å². The predicted octanol–water partition coefficient (Wildman–Crippen LogP) is 4.11. The molecule has 2 aliphatic carbocycles. The molecule has 2 fully saturated rings. The van der Waals surface area contributed by atoms with Crippen LogP contribution in [0.3, 0.4) is 0 Å². The molecular formula is C36H61N3O6S. The largest absolute Gasteiger partial charge is 0.390 e. The molecule has 0 radical (unpaired) electrons. The van der Waals surface area contributed by atoms with Gasteiger partial charge in [-0.1, -0.05) is 103 Å². The molecule has 0 bridgehead atoms. The van der Waals surface area contributed by atoms with Gasteiger partial charge in [-0.2, -0.15) is 0 Å². The average Bonchev–Trinajstić information content (AvgIpc) is 3.85. The molecule has 2 saturated carbocycles. The van der Waals surface area contributed by atoms with E-state index in [1.165, 1.54) is 6.42 Å². The molecule has 0 aliphatic heterocycles. The molecule has 0 saturated heterocycles. The second-order valence-corrected chi connectivity index (χ2v) is 16.5. The van der Waals surface area contributed by atoms with Crippen LogP contribution in [0, 0.1) is 23.7 Å². The summed E-state index contributed by atoms with van der Waals surface area (Å²) in [5.74, 6) is -1.14. The highest BCUT2D eigenvalue weighted by atomic mass is 32.2. The van der Waals surface area contributed by atoms with Crippen molar-refractivity contribution in [3.8, 4) is 0 Å². The zero-order chi connectivity index (χ0) is 33.7. The smallest absolute Gasteiger partial charge is 0.242 e. The lowest BCUT2D eigenvalue weighted by Crippen LogP contribution is -2.56. The number of aliphatic hydroxyl groups is 2. The summed E-state index contributed by atoms with van der Waals surface area (Å²) >= 11 is 0. The minimum absolute atomic E-state index is 0.0291. The van der Waals surface area contributed by atoms with E-state index in [2.05, 4.69) is 15.5 Å². The Labute approximate surface area is 278 Å². The van der Waals surface area contributed by atoms with Crippen molar-refractivity contribution < 1.29 is 28.2 Å². The Balaban J connectivity index is 1.78. The van der Waals surface area contributed by atoms with Crippen LogP contribution < -0.4 is 10.6 Å². The van der Waals surface area contributed by atoms with E-state index < -0.39 is 46.0 Å². The zero-order valence-corrected chi connectivity index (χ0v) is 29.5. The summed E-state index contributed by atoms with van der Waals surface area (Å²) in [6.45, 7) is 9.89. The number of carbonyl (C=O) groups is 2. The normalized spacial score (nSPS) is 19.4. The van der Waals surface area contributed by atoms with Crippen LogP contribution in [0.4, 0.5) is 0 Å². The molecule has 1 unspecified atom stereocenters. The van der Waals surface area contributed by atoms with Gasteiger partial charge in [0.1, 0.15) is 12.1 Å². The van der Waals surface area contributed by atoms with Gasteiger partial charge in [0.15, 0.2) is 9.84 Å². The Morgan fingerprint density at radius 3 is 2.11 bits per heavy atom. The molecule has 3 rings (SSSR count). The number of carbonyl (C=O) groups excluding carboxylic acids is 2. The lowest BCUT2D eigenvalue weighted by molar-refractivity contribution is -0.132. The van der Waals surface area contributed by atoms with Crippen LogP contribution in [0.25, 0.3) is 0 Å². The summed E-state index contributed by atoms with van der Waals surface area (Å²) in [7, 11) is -3.56. The first-order valence-corrected chi connectivity index (χ1v) is 19.7. The molecule has 1 aromatic rings. The predicted molar refractivity (Wildman–Crippen MR) is 184 cm³/mol. The fourth-order valence-electron chi connectivity index (χ4n) is 6.77. The molecule has 0 heterocycles. The molecule has 0 spiro atoms. The lowest BCUT2D eigenvalue weighted by atomic mass is 9.82. The molecule has 9 nitrogen and oxygen atoms in total. The van der Waals surface area contributed by atoms with E-state index in [0.29, 0.717) is 37.6 Å². The van der Waals surface area contributed by atoms with Crippen molar-refractivity contribution in [1.82, 2.24) is 15.5 Å². The molecule has 5 atom stereocenters. The topological polar surface area (TPSA) is 136 Å². The number of nitrogens with one attached hydrogen (secondary N) is 2. The fourth-order valence-corrected chi connectivity index (χ4v) is 8.36. The maximum Gasteiger partial charge on any atom is 0.242 e. The third kappa shape index (κ3) is 13.6. The van der Waals surface area contributed by atoms with Crippen molar-refractivity contribution in [1.29, 1.82) is 0 Å². The van der Waals surface area contributed by atoms with E-state index in [-0.39, 0.29) is 29.8 Å². The van der Waals surface area contributed by atoms with Crippen molar-refractivity contribution in [2.75, 3.05) is 31.1 Å². The van der Waals surface area contributed by atoms with E-state index in [1.54, 1.807) is 0 Å². The fraction of sp³-hybridized carbons (Fsp3) is 0.778. The first-order valence-electron chi connectivity index (χ1n) is 17.8. The second-order valence-electron chi connectivity index (χ2n) is 14.3. The van der Waals surface area contributed by atoms with Gasteiger partial charge in [-0.05, 0) is 62.1 Å². The molecule has 4 N–H and O–H groups in total. The number of hydrogen-bond acceptors (Lipinski definition) is 7. The summed E-state index contributed by atoms with van der Waals surface area (Å²) in [6.07, 6.45) is 7.08. The molecule has 10 heteroatoms. The van der Waals surface area contributed by atoms with Gasteiger partial charge in [0.25, 0.3) is 0 Å². The monoisotopic (exact) mass is 663 g/mol.